The lowest BCUT2D eigenvalue weighted by Crippen LogP contribution is -2.36. The van der Waals surface area contributed by atoms with E-state index in [-0.39, 0.29) is 29.7 Å². The number of rotatable bonds is 4. The lowest BCUT2D eigenvalue weighted by atomic mass is 10.1. The number of aliphatic imine (C=N–C) groups is 1. The van der Waals surface area contributed by atoms with Crippen molar-refractivity contribution in [2.24, 2.45) is 4.99 Å². The number of nitrogens with zero attached hydrogens (tertiary/aromatic N) is 3. The van der Waals surface area contributed by atoms with Gasteiger partial charge in [-0.2, -0.15) is 0 Å². The summed E-state index contributed by atoms with van der Waals surface area (Å²) in [5.41, 5.74) is 0.735. The highest BCUT2D eigenvalue weighted by atomic mass is 127. The summed E-state index contributed by atoms with van der Waals surface area (Å²) in [6.07, 6.45) is 0.556. The summed E-state index contributed by atoms with van der Waals surface area (Å²) in [4.78, 5) is 16.9. The van der Waals surface area contributed by atoms with Crippen LogP contribution in [0.3, 0.4) is 0 Å². The number of hydrogen-bond donors (Lipinski definition) is 1. The maximum atomic E-state index is 10.9. The highest BCUT2D eigenvalue weighted by Crippen LogP contribution is 2.23. The summed E-state index contributed by atoms with van der Waals surface area (Å²) in [5, 5.41) is 14.5. The van der Waals surface area contributed by atoms with Crippen molar-refractivity contribution in [3.8, 4) is 0 Å². The van der Waals surface area contributed by atoms with Crippen molar-refractivity contribution in [2.75, 3.05) is 26.7 Å². The van der Waals surface area contributed by atoms with Gasteiger partial charge in [-0.05, 0) is 12.5 Å². The van der Waals surface area contributed by atoms with Crippen LogP contribution in [-0.4, -0.2) is 42.5 Å². The van der Waals surface area contributed by atoms with Gasteiger partial charge in [-0.1, -0.05) is 17.7 Å². The average Bonchev–Trinajstić information content (AvgIpc) is 2.77. The summed E-state index contributed by atoms with van der Waals surface area (Å²) in [7, 11) is 1.96. The standard InChI is InChI=1S/C12H15ClN4O2.HI/c1-16-7-6-15-12(16)14-5-4-9-2-3-10(13)8-11(9)17(18)19;/h2-3,8H,4-7H2,1H3,(H,14,15);1H. The Morgan fingerprint density at radius 1 is 1.55 bits per heavy atom. The molecule has 0 saturated carbocycles. The fourth-order valence-corrected chi connectivity index (χ4v) is 2.12. The van der Waals surface area contributed by atoms with E-state index in [1.807, 2.05) is 11.9 Å². The molecule has 0 fully saturated rings. The first kappa shape index (κ1) is 17.0. The molecule has 1 heterocycles. The lowest BCUT2D eigenvalue weighted by Gasteiger charge is -2.15. The molecule has 0 aromatic heterocycles. The van der Waals surface area contributed by atoms with E-state index >= 15 is 0 Å². The van der Waals surface area contributed by atoms with E-state index in [1.54, 1.807) is 12.1 Å². The second-order valence-electron chi connectivity index (χ2n) is 4.33. The van der Waals surface area contributed by atoms with Gasteiger partial charge in [-0.15, -0.1) is 24.0 Å². The van der Waals surface area contributed by atoms with Gasteiger partial charge in [-0.25, -0.2) is 0 Å². The first-order chi connectivity index (χ1) is 9.08. The molecule has 2 rings (SSSR count). The van der Waals surface area contributed by atoms with E-state index < -0.39 is 4.92 Å². The maximum Gasteiger partial charge on any atom is 0.274 e. The molecule has 1 aromatic carbocycles. The maximum absolute atomic E-state index is 10.9. The molecular formula is C12H16ClIN4O2. The quantitative estimate of drug-likeness (QED) is 0.470. The zero-order chi connectivity index (χ0) is 13.8. The third kappa shape index (κ3) is 4.20. The van der Waals surface area contributed by atoms with Crippen molar-refractivity contribution >= 4 is 47.2 Å². The second-order valence-corrected chi connectivity index (χ2v) is 4.77. The number of nitro benzene ring substituents is 1. The highest BCUT2D eigenvalue weighted by Gasteiger charge is 2.15. The number of hydrogen-bond acceptors (Lipinski definition) is 5. The molecule has 1 N–H and O–H groups in total. The highest BCUT2D eigenvalue weighted by molar-refractivity contribution is 14.0. The molecule has 0 aliphatic carbocycles. The Bertz CT molecular complexity index is 524. The van der Waals surface area contributed by atoms with E-state index in [4.69, 9.17) is 11.6 Å². The molecule has 0 spiro atoms. The average molecular weight is 411 g/mol. The van der Waals surface area contributed by atoms with Crippen molar-refractivity contribution in [2.45, 2.75) is 6.42 Å². The van der Waals surface area contributed by atoms with Crippen LogP contribution in [0.15, 0.2) is 23.2 Å². The fourth-order valence-electron chi connectivity index (χ4n) is 1.95. The zero-order valence-corrected chi connectivity index (χ0v) is 14.1. The third-order valence-electron chi connectivity index (χ3n) is 2.98. The fraction of sp³-hybridized carbons (Fsp3) is 0.417. The van der Waals surface area contributed by atoms with Crippen molar-refractivity contribution < 1.29 is 4.92 Å². The van der Waals surface area contributed by atoms with Crippen LogP contribution in [0.1, 0.15) is 5.56 Å². The van der Waals surface area contributed by atoms with Gasteiger partial charge in [0.25, 0.3) is 5.69 Å². The molecule has 1 aliphatic rings. The molecule has 8 heteroatoms. The molecule has 0 amide bonds. The topological polar surface area (TPSA) is 70.8 Å². The van der Waals surface area contributed by atoms with Gasteiger partial charge in [0.1, 0.15) is 0 Å². The Balaban J connectivity index is 0.00000200. The zero-order valence-electron chi connectivity index (χ0n) is 11.0. The molecule has 20 heavy (non-hydrogen) atoms. The molecule has 0 unspecified atom stereocenters. The summed E-state index contributed by atoms with van der Waals surface area (Å²) in [5.74, 6) is 0.844. The normalized spacial score (nSPS) is 13.7. The van der Waals surface area contributed by atoms with Crippen LogP contribution in [0.5, 0.6) is 0 Å². The van der Waals surface area contributed by atoms with E-state index in [1.165, 1.54) is 6.07 Å². The van der Waals surface area contributed by atoms with Crippen LogP contribution < -0.4 is 5.32 Å². The summed E-state index contributed by atoms with van der Waals surface area (Å²) >= 11 is 5.77. The smallest absolute Gasteiger partial charge is 0.274 e. The molecular weight excluding hydrogens is 395 g/mol. The monoisotopic (exact) mass is 410 g/mol. The van der Waals surface area contributed by atoms with Crippen LogP contribution in [0.25, 0.3) is 0 Å². The van der Waals surface area contributed by atoms with Crippen molar-refractivity contribution in [3.63, 3.8) is 0 Å². The number of nitrogens with one attached hydrogen (secondary N) is 1. The minimum absolute atomic E-state index is 0. The van der Waals surface area contributed by atoms with Gasteiger partial charge < -0.3 is 10.2 Å². The first-order valence-corrected chi connectivity index (χ1v) is 6.38. The van der Waals surface area contributed by atoms with Gasteiger partial charge in [0.05, 0.1) is 11.5 Å². The van der Waals surface area contributed by atoms with Crippen LogP contribution in [-0.2, 0) is 6.42 Å². The first-order valence-electron chi connectivity index (χ1n) is 6.00. The Hall–Kier alpha value is -1.09. The van der Waals surface area contributed by atoms with Gasteiger partial charge in [0.15, 0.2) is 5.96 Å². The van der Waals surface area contributed by atoms with E-state index in [0.717, 1.165) is 19.0 Å². The van der Waals surface area contributed by atoms with E-state index in [0.29, 0.717) is 23.6 Å². The molecule has 110 valence electrons. The Morgan fingerprint density at radius 3 is 2.90 bits per heavy atom. The van der Waals surface area contributed by atoms with E-state index in [2.05, 4.69) is 10.3 Å². The minimum atomic E-state index is -0.402. The van der Waals surface area contributed by atoms with Gasteiger partial charge in [0.2, 0.25) is 0 Å². The Kier molecular flexibility index (Phi) is 6.47. The van der Waals surface area contributed by atoms with Gasteiger partial charge >= 0.3 is 0 Å². The van der Waals surface area contributed by atoms with Crippen LogP contribution in [0.4, 0.5) is 5.69 Å². The lowest BCUT2D eigenvalue weighted by molar-refractivity contribution is -0.385. The number of benzene rings is 1. The molecule has 0 saturated heterocycles. The second kappa shape index (κ2) is 7.63. The predicted molar refractivity (Wildman–Crippen MR) is 90.2 cm³/mol. The Labute approximate surface area is 139 Å². The molecule has 0 bridgehead atoms. The summed E-state index contributed by atoms with van der Waals surface area (Å²) < 4.78 is 0. The summed E-state index contributed by atoms with van der Waals surface area (Å²) in [6, 6.07) is 4.75. The van der Waals surface area contributed by atoms with Crippen molar-refractivity contribution in [3.05, 3.63) is 38.9 Å². The SMILES string of the molecule is CN1CCN=C1NCCc1ccc(Cl)cc1[N+](=O)[O-].I. The van der Waals surface area contributed by atoms with Gasteiger partial charge in [0, 0.05) is 36.8 Å². The largest absolute Gasteiger partial charge is 0.356 e. The van der Waals surface area contributed by atoms with Crippen LogP contribution in [0.2, 0.25) is 5.02 Å². The Morgan fingerprint density at radius 2 is 2.30 bits per heavy atom. The van der Waals surface area contributed by atoms with Crippen molar-refractivity contribution in [1.29, 1.82) is 0 Å². The molecule has 0 radical (unpaired) electrons. The number of halogens is 2. The number of guanidine groups is 1. The third-order valence-corrected chi connectivity index (χ3v) is 3.22. The van der Waals surface area contributed by atoms with Crippen molar-refractivity contribution in [1.82, 2.24) is 10.2 Å². The molecule has 1 aliphatic heterocycles. The number of likely N-dealkylation sites (N-methyl/N-ethyl adjacent to an activating group) is 1. The van der Waals surface area contributed by atoms with Crippen LogP contribution in [0, 0.1) is 10.1 Å². The molecule has 6 nitrogen and oxygen atoms in total. The molecule has 0 atom stereocenters. The van der Waals surface area contributed by atoms with E-state index in [9.17, 15) is 10.1 Å². The molecule has 1 aromatic rings. The minimum Gasteiger partial charge on any atom is -0.356 e. The van der Waals surface area contributed by atoms with Gasteiger partial charge in [-0.3, -0.25) is 15.1 Å². The summed E-state index contributed by atoms with van der Waals surface area (Å²) in [6.45, 7) is 2.30. The predicted octanol–water partition coefficient (Wildman–Crippen LogP) is 2.30. The number of nitro groups is 1. The van der Waals surface area contributed by atoms with Crippen LogP contribution >= 0.6 is 35.6 Å².